The molecule has 134 valence electrons. The largest absolute Gasteiger partial charge is 0.444 e. The van der Waals surface area contributed by atoms with Crippen LogP contribution < -0.4 is 10.6 Å². The molecule has 2 fully saturated rings. The summed E-state index contributed by atoms with van der Waals surface area (Å²) >= 11 is 0. The first-order valence-electron chi connectivity index (χ1n) is 8.27. The predicted molar refractivity (Wildman–Crippen MR) is 103 cm³/mol. The van der Waals surface area contributed by atoms with Gasteiger partial charge in [0.05, 0.1) is 0 Å². The fourth-order valence-corrected chi connectivity index (χ4v) is 2.32. The molecule has 0 bridgehead atoms. The zero-order valence-corrected chi connectivity index (χ0v) is 17.2. The van der Waals surface area contributed by atoms with Crippen LogP contribution in [0.4, 0.5) is 4.79 Å². The van der Waals surface area contributed by atoms with Gasteiger partial charge in [0.25, 0.3) is 0 Å². The van der Waals surface area contributed by atoms with Crippen LogP contribution in [0.3, 0.4) is 0 Å². The van der Waals surface area contributed by atoms with Gasteiger partial charge < -0.3 is 20.3 Å². The van der Waals surface area contributed by atoms with E-state index in [0.717, 1.165) is 24.7 Å². The molecule has 2 unspecified atom stereocenters. The summed E-state index contributed by atoms with van der Waals surface area (Å²) in [7, 11) is 1.77. The molecular weight excluding hydrogens is 407 g/mol. The highest BCUT2D eigenvalue weighted by molar-refractivity contribution is 14.0. The van der Waals surface area contributed by atoms with Gasteiger partial charge in [0.2, 0.25) is 0 Å². The van der Waals surface area contributed by atoms with Crippen molar-refractivity contribution in [2.75, 3.05) is 20.1 Å². The molecule has 0 aromatic rings. The molecule has 7 heteroatoms. The summed E-state index contributed by atoms with van der Waals surface area (Å²) in [4.78, 5) is 18.3. The van der Waals surface area contributed by atoms with Crippen LogP contribution in [-0.4, -0.2) is 54.8 Å². The molecule has 0 aromatic carbocycles. The Labute approximate surface area is 156 Å². The van der Waals surface area contributed by atoms with Crippen molar-refractivity contribution in [1.82, 2.24) is 15.5 Å². The van der Waals surface area contributed by atoms with Crippen LogP contribution in [0.2, 0.25) is 0 Å². The minimum atomic E-state index is -0.447. The van der Waals surface area contributed by atoms with E-state index in [9.17, 15) is 4.79 Å². The Morgan fingerprint density at radius 2 is 1.96 bits per heavy atom. The second-order valence-electron chi connectivity index (χ2n) is 7.37. The van der Waals surface area contributed by atoms with E-state index in [4.69, 9.17) is 4.74 Å². The molecule has 2 aliphatic carbocycles. The normalized spacial score (nSPS) is 23.6. The van der Waals surface area contributed by atoms with Crippen LogP contribution in [0.15, 0.2) is 4.99 Å². The molecule has 2 atom stereocenters. The zero-order chi connectivity index (χ0) is 16.3. The number of halogens is 1. The van der Waals surface area contributed by atoms with Gasteiger partial charge in [-0.3, -0.25) is 4.99 Å². The maximum atomic E-state index is 12.2. The molecule has 2 rings (SSSR count). The molecule has 0 saturated heterocycles. The molecule has 0 aromatic heterocycles. The van der Waals surface area contributed by atoms with Crippen LogP contribution in [-0.2, 0) is 4.74 Å². The number of guanidine groups is 1. The topological polar surface area (TPSA) is 66.0 Å². The summed E-state index contributed by atoms with van der Waals surface area (Å²) in [6, 6.07) is 0.881. The van der Waals surface area contributed by atoms with E-state index < -0.39 is 5.60 Å². The van der Waals surface area contributed by atoms with E-state index in [1.165, 1.54) is 6.42 Å². The number of aliphatic imine (C=N–C) groups is 1. The van der Waals surface area contributed by atoms with Gasteiger partial charge in [0.1, 0.15) is 5.60 Å². The highest BCUT2D eigenvalue weighted by atomic mass is 127. The molecule has 6 nitrogen and oxygen atoms in total. The van der Waals surface area contributed by atoms with Gasteiger partial charge in [-0.05, 0) is 46.0 Å². The second kappa shape index (κ2) is 8.39. The second-order valence-corrected chi connectivity index (χ2v) is 7.37. The predicted octanol–water partition coefficient (Wildman–Crippen LogP) is 2.58. The minimum absolute atomic E-state index is 0. The fourth-order valence-electron chi connectivity index (χ4n) is 2.32. The molecule has 2 N–H and O–H groups in total. The number of carbonyl (C=O) groups is 1. The lowest BCUT2D eigenvalue weighted by molar-refractivity contribution is 0.0238. The molecular formula is C16H31IN4O2. The first-order valence-corrected chi connectivity index (χ1v) is 8.27. The summed E-state index contributed by atoms with van der Waals surface area (Å²) in [6.07, 6.45) is 3.14. The number of rotatable bonds is 5. The highest BCUT2D eigenvalue weighted by Gasteiger charge is 2.35. The molecule has 2 saturated carbocycles. The third-order valence-electron chi connectivity index (χ3n) is 3.92. The number of ether oxygens (including phenoxy) is 1. The van der Waals surface area contributed by atoms with Crippen LogP contribution in [0.5, 0.6) is 0 Å². The van der Waals surface area contributed by atoms with E-state index in [2.05, 4.69) is 22.5 Å². The molecule has 2 aliphatic rings. The molecule has 0 heterocycles. The Morgan fingerprint density at radius 3 is 2.39 bits per heavy atom. The maximum absolute atomic E-state index is 12.2. The molecule has 0 aliphatic heterocycles. The van der Waals surface area contributed by atoms with E-state index in [1.807, 2.05) is 25.7 Å². The van der Waals surface area contributed by atoms with Crippen molar-refractivity contribution < 1.29 is 9.53 Å². The van der Waals surface area contributed by atoms with Crippen LogP contribution in [0, 0.1) is 5.92 Å². The van der Waals surface area contributed by atoms with Gasteiger partial charge in [0.15, 0.2) is 5.96 Å². The summed E-state index contributed by atoms with van der Waals surface area (Å²) < 4.78 is 5.49. The quantitative estimate of drug-likeness (QED) is 0.394. The SMILES string of the molecule is CN=C(NCCN(C(=O)OC(C)(C)C)C1CC1)NC1CC1C.I. The lowest BCUT2D eigenvalue weighted by Gasteiger charge is -2.27. The summed E-state index contributed by atoms with van der Waals surface area (Å²) in [5.74, 6) is 1.54. The van der Waals surface area contributed by atoms with Gasteiger partial charge in [0, 0.05) is 32.2 Å². The zero-order valence-electron chi connectivity index (χ0n) is 14.9. The van der Waals surface area contributed by atoms with Crippen molar-refractivity contribution >= 4 is 36.0 Å². The average molecular weight is 438 g/mol. The molecule has 23 heavy (non-hydrogen) atoms. The molecule has 0 spiro atoms. The molecule has 1 amide bonds. The number of hydrogen-bond acceptors (Lipinski definition) is 3. The number of hydrogen-bond donors (Lipinski definition) is 2. The third-order valence-corrected chi connectivity index (χ3v) is 3.92. The van der Waals surface area contributed by atoms with Crippen molar-refractivity contribution in [3.8, 4) is 0 Å². The summed E-state index contributed by atoms with van der Waals surface area (Å²) in [5.41, 5.74) is -0.447. The Kier molecular flexibility index (Phi) is 7.41. The van der Waals surface area contributed by atoms with Crippen molar-refractivity contribution in [3.63, 3.8) is 0 Å². The van der Waals surface area contributed by atoms with Gasteiger partial charge in [-0.2, -0.15) is 0 Å². The van der Waals surface area contributed by atoms with Gasteiger partial charge in [-0.1, -0.05) is 6.92 Å². The smallest absolute Gasteiger partial charge is 0.410 e. The van der Waals surface area contributed by atoms with Gasteiger partial charge in [-0.25, -0.2) is 4.79 Å². The molecule has 0 radical (unpaired) electrons. The van der Waals surface area contributed by atoms with Gasteiger partial charge in [-0.15, -0.1) is 24.0 Å². The van der Waals surface area contributed by atoms with Crippen LogP contribution in [0.25, 0.3) is 0 Å². The number of nitrogens with zero attached hydrogens (tertiary/aromatic N) is 2. The Bertz CT molecular complexity index is 432. The van der Waals surface area contributed by atoms with Crippen molar-refractivity contribution in [3.05, 3.63) is 0 Å². The Balaban J connectivity index is 0.00000264. The summed E-state index contributed by atoms with van der Waals surface area (Å²) in [5, 5.41) is 6.66. The van der Waals surface area contributed by atoms with Crippen molar-refractivity contribution in [2.24, 2.45) is 10.9 Å². The first kappa shape index (κ1) is 20.3. The highest BCUT2D eigenvalue weighted by Crippen LogP contribution is 2.29. The van der Waals surface area contributed by atoms with Crippen LogP contribution in [0.1, 0.15) is 47.0 Å². The number of carbonyl (C=O) groups excluding carboxylic acids is 1. The standard InChI is InChI=1S/C16H30N4O2.HI/c1-11-10-13(11)19-14(17-5)18-8-9-20(12-6-7-12)15(21)22-16(2,3)4;/h11-13H,6-10H2,1-5H3,(H2,17,18,19);1H. The third kappa shape index (κ3) is 7.14. The van der Waals surface area contributed by atoms with E-state index >= 15 is 0 Å². The number of amides is 1. The lowest BCUT2D eigenvalue weighted by Crippen LogP contribution is -2.45. The number of nitrogens with one attached hydrogen (secondary N) is 2. The maximum Gasteiger partial charge on any atom is 0.410 e. The lowest BCUT2D eigenvalue weighted by atomic mass is 10.2. The van der Waals surface area contributed by atoms with Gasteiger partial charge >= 0.3 is 6.09 Å². The monoisotopic (exact) mass is 438 g/mol. The van der Waals surface area contributed by atoms with E-state index in [1.54, 1.807) is 7.05 Å². The van der Waals surface area contributed by atoms with Crippen molar-refractivity contribution in [1.29, 1.82) is 0 Å². The Morgan fingerprint density at radius 1 is 1.35 bits per heavy atom. The van der Waals surface area contributed by atoms with Crippen molar-refractivity contribution in [2.45, 2.75) is 64.6 Å². The van der Waals surface area contributed by atoms with E-state index in [0.29, 0.717) is 25.2 Å². The average Bonchev–Trinajstić information content (AvgIpc) is 3.30. The minimum Gasteiger partial charge on any atom is -0.444 e. The fraction of sp³-hybridized carbons (Fsp3) is 0.875. The van der Waals surface area contributed by atoms with E-state index in [-0.39, 0.29) is 30.1 Å². The first-order chi connectivity index (χ1) is 10.3. The van der Waals surface area contributed by atoms with Crippen LogP contribution >= 0.6 is 24.0 Å². The Hall–Kier alpha value is -0.730. The summed E-state index contributed by atoms with van der Waals surface area (Å²) in [6.45, 7) is 9.24.